The van der Waals surface area contributed by atoms with E-state index < -0.39 is 0 Å². The second-order valence-electron chi connectivity index (χ2n) is 6.27. The van der Waals surface area contributed by atoms with Gasteiger partial charge in [0.25, 0.3) is 0 Å². The van der Waals surface area contributed by atoms with E-state index in [1.807, 2.05) is 72.8 Å². The number of ether oxygens (including phenoxy) is 3. The number of para-hydroxylation sites is 5. The van der Waals surface area contributed by atoms with Crippen molar-refractivity contribution < 1.29 is 14.2 Å². The standard InChI is InChI=1S/C23H22N2O3/c1-26-21-13-7-8-14-22(21)28-17-23-24-19-11-5-6-12-20(19)25(23)15-16-27-18-9-3-2-4-10-18/h2-14H,15-17H2,1H3. The summed E-state index contributed by atoms with van der Waals surface area (Å²) in [7, 11) is 1.64. The Morgan fingerprint density at radius 1 is 0.786 bits per heavy atom. The predicted molar refractivity (Wildman–Crippen MR) is 109 cm³/mol. The zero-order chi connectivity index (χ0) is 19.2. The van der Waals surface area contributed by atoms with E-state index >= 15 is 0 Å². The van der Waals surface area contributed by atoms with E-state index in [0.29, 0.717) is 31.3 Å². The van der Waals surface area contributed by atoms with Gasteiger partial charge in [0, 0.05) is 0 Å². The van der Waals surface area contributed by atoms with Crippen LogP contribution in [0.3, 0.4) is 0 Å². The molecule has 4 rings (SSSR count). The maximum Gasteiger partial charge on any atom is 0.161 e. The molecule has 0 saturated heterocycles. The molecule has 1 aromatic heterocycles. The Hall–Kier alpha value is -3.47. The van der Waals surface area contributed by atoms with Crippen LogP contribution in [0, 0.1) is 0 Å². The molecule has 0 bridgehead atoms. The highest BCUT2D eigenvalue weighted by Gasteiger charge is 2.12. The monoisotopic (exact) mass is 374 g/mol. The highest BCUT2D eigenvalue weighted by molar-refractivity contribution is 5.75. The summed E-state index contributed by atoms with van der Waals surface area (Å²) in [5, 5.41) is 0. The number of benzene rings is 3. The van der Waals surface area contributed by atoms with Crippen molar-refractivity contribution in [2.24, 2.45) is 0 Å². The topological polar surface area (TPSA) is 45.5 Å². The molecule has 0 aliphatic rings. The van der Waals surface area contributed by atoms with Crippen LogP contribution in [-0.2, 0) is 13.2 Å². The Kier molecular flexibility index (Phi) is 5.43. The van der Waals surface area contributed by atoms with Crippen LogP contribution in [0.25, 0.3) is 11.0 Å². The maximum absolute atomic E-state index is 6.00. The van der Waals surface area contributed by atoms with E-state index in [4.69, 9.17) is 19.2 Å². The zero-order valence-corrected chi connectivity index (χ0v) is 15.7. The zero-order valence-electron chi connectivity index (χ0n) is 15.7. The molecule has 0 N–H and O–H groups in total. The van der Waals surface area contributed by atoms with Gasteiger partial charge in [0.05, 0.1) is 24.7 Å². The van der Waals surface area contributed by atoms with Crippen molar-refractivity contribution in [2.75, 3.05) is 13.7 Å². The largest absolute Gasteiger partial charge is 0.493 e. The van der Waals surface area contributed by atoms with Gasteiger partial charge >= 0.3 is 0 Å². The smallest absolute Gasteiger partial charge is 0.161 e. The van der Waals surface area contributed by atoms with Gasteiger partial charge in [-0.3, -0.25) is 0 Å². The Labute approximate surface area is 164 Å². The van der Waals surface area contributed by atoms with Gasteiger partial charge in [-0.25, -0.2) is 4.98 Å². The van der Waals surface area contributed by atoms with Gasteiger partial charge in [0.1, 0.15) is 24.8 Å². The van der Waals surface area contributed by atoms with Crippen LogP contribution in [-0.4, -0.2) is 23.3 Å². The van der Waals surface area contributed by atoms with Crippen LogP contribution in [0.15, 0.2) is 78.9 Å². The molecular weight excluding hydrogens is 352 g/mol. The Morgan fingerprint density at radius 3 is 2.32 bits per heavy atom. The summed E-state index contributed by atoms with van der Waals surface area (Å²) in [4.78, 5) is 4.75. The van der Waals surface area contributed by atoms with Crippen molar-refractivity contribution in [3.63, 3.8) is 0 Å². The fourth-order valence-corrected chi connectivity index (χ4v) is 3.14. The number of hydrogen-bond acceptors (Lipinski definition) is 4. The van der Waals surface area contributed by atoms with E-state index in [-0.39, 0.29) is 0 Å². The Morgan fingerprint density at radius 2 is 1.50 bits per heavy atom. The lowest BCUT2D eigenvalue weighted by Gasteiger charge is -2.13. The highest BCUT2D eigenvalue weighted by Crippen LogP contribution is 2.27. The first kappa shape index (κ1) is 17.9. The van der Waals surface area contributed by atoms with E-state index in [0.717, 1.165) is 22.6 Å². The molecule has 5 heteroatoms. The van der Waals surface area contributed by atoms with Gasteiger partial charge in [-0.2, -0.15) is 0 Å². The van der Waals surface area contributed by atoms with Crippen LogP contribution in [0.4, 0.5) is 0 Å². The number of fused-ring (bicyclic) bond motifs is 1. The molecule has 0 fully saturated rings. The minimum atomic E-state index is 0.348. The van der Waals surface area contributed by atoms with E-state index in [9.17, 15) is 0 Å². The number of imidazole rings is 1. The fraction of sp³-hybridized carbons (Fsp3) is 0.174. The van der Waals surface area contributed by atoms with Crippen LogP contribution in [0.1, 0.15) is 5.82 Å². The summed E-state index contributed by atoms with van der Waals surface area (Å²) in [6.45, 7) is 1.58. The van der Waals surface area contributed by atoms with E-state index in [2.05, 4.69) is 10.6 Å². The summed E-state index contributed by atoms with van der Waals surface area (Å²) in [6.07, 6.45) is 0. The molecule has 0 saturated carbocycles. The van der Waals surface area contributed by atoms with Gasteiger partial charge in [-0.1, -0.05) is 42.5 Å². The van der Waals surface area contributed by atoms with Crippen LogP contribution < -0.4 is 14.2 Å². The van der Waals surface area contributed by atoms with Gasteiger partial charge in [-0.15, -0.1) is 0 Å². The minimum absolute atomic E-state index is 0.348. The number of aromatic nitrogens is 2. The molecule has 4 aromatic rings. The molecule has 5 nitrogen and oxygen atoms in total. The van der Waals surface area contributed by atoms with Crippen molar-refractivity contribution in [3.05, 3.63) is 84.7 Å². The molecule has 0 unspecified atom stereocenters. The first-order chi connectivity index (χ1) is 13.8. The number of nitrogens with zero attached hydrogens (tertiary/aromatic N) is 2. The van der Waals surface area contributed by atoms with Crippen molar-refractivity contribution in [2.45, 2.75) is 13.2 Å². The number of methoxy groups -OCH3 is 1. The number of rotatable bonds is 8. The van der Waals surface area contributed by atoms with Gasteiger partial charge in [0.15, 0.2) is 11.5 Å². The Balaban J connectivity index is 1.53. The molecule has 3 aromatic carbocycles. The van der Waals surface area contributed by atoms with Gasteiger partial charge < -0.3 is 18.8 Å². The summed E-state index contributed by atoms with van der Waals surface area (Å²) < 4.78 is 19.4. The lowest BCUT2D eigenvalue weighted by atomic mass is 10.3. The summed E-state index contributed by atoms with van der Waals surface area (Å²) in [5.41, 5.74) is 2.01. The van der Waals surface area contributed by atoms with E-state index in [1.54, 1.807) is 7.11 Å². The van der Waals surface area contributed by atoms with Crippen molar-refractivity contribution in [3.8, 4) is 17.2 Å². The van der Waals surface area contributed by atoms with Crippen molar-refractivity contribution in [1.29, 1.82) is 0 Å². The van der Waals surface area contributed by atoms with E-state index in [1.165, 1.54) is 0 Å². The third kappa shape index (κ3) is 3.93. The normalized spacial score (nSPS) is 10.8. The van der Waals surface area contributed by atoms with Gasteiger partial charge in [0.2, 0.25) is 0 Å². The lowest BCUT2D eigenvalue weighted by Crippen LogP contribution is -2.13. The van der Waals surface area contributed by atoms with Crippen molar-refractivity contribution >= 4 is 11.0 Å². The maximum atomic E-state index is 6.00. The number of hydrogen-bond donors (Lipinski definition) is 0. The second kappa shape index (κ2) is 8.48. The molecule has 28 heavy (non-hydrogen) atoms. The van der Waals surface area contributed by atoms with Crippen LogP contribution in [0.2, 0.25) is 0 Å². The minimum Gasteiger partial charge on any atom is -0.493 e. The quantitative estimate of drug-likeness (QED) is 0.448. The van der Waals surface area contributed by atoms with Crippen molar-refractivity contribution in [1.82, 2.24) is 9.55 Å². The fourth-order valence-electron chi connectivity index (χ4n) is 3.14. The predicted octanol–water partition coefficient (Wildman–Crippen LogP) is 4.70. The molecule has 0 aliphatic heterocycles. The highest BCUT2D eigenvalue weighted by atomic mass is 16.5. The molecule has 0 atom stereocenters. The summed E-state index contributed by atoms with van der Waals surface area (Å²) >= 11 is 0. The molecule has 0 radical (unpaired) electrons. The lowest BCUT2D eigenvalue weighted by molar-refractivity contribution is 0.262. The first-order valence-electron chi connectivity index (χ1n) is 9.23. The van der Waals surface area contributed by atoms with Crippen LogP contribution in [0.5, 0.6) is 17.2 Å². The molecule has 1 heterocycles. The third-order valence-corrected chi connectivity index (χ3v) is 4.49. The average molecular weight is 374 g/mol. The summed E-state index contributed by atoms with van der Waals surface area (Å²) in [6, 6.07) is 25.5. The third-order valence-electron chi connectivity index (χ3n) is 4.49. The van der Waals surface area contributed by atoms with Gasteiger partial charge in [-0.05, 0) is 36.4 Å². The molecule has 0 aliphatic carbocycles. The SMILES string of the molecule is COc1ccccc1OCc1nc2ccccc2n1CCOc1ccccc1. The molecule has 142 valence electrons. The second-order valence-corrected chi connectivity index (χ2v) is 6.27. The average Bonchev–Trinajstić information content (AvgIpc) is 3.11. The molecule has 0 spiro atoms. The summed E-state index contributed by atoms with van der Waals surface area (Å²) in [5.74, 6) is 3.12. The van der Waals surface area contributed by atoms with Crippen LogP contribution >= 0.6 is 0 Å². The molecular formula is C23H22N2O3. The molecule has 0 amide bonds. The first-order valence-corrected chi connectivity index (χ1v) is 9.23. The Bertz CT molecular complexity index is 1040.